The van der Waals surface area contributed by atoms with Gasteiger partial charge in [-0.05, 0) is 38.6 Å². The maximum atomic E-state index is 13.6. The molecular formula is C22H25F3N8O3S. The molecule has 0 aliphatic carbocycles. The molecule has 0 spiro atoms. The lowest BCUT2D eigenvalue weighted by Crippen LogP contribution is -2.61. The number of aryl methyl sites for hydroxylation is 2. The van der Waals surface area contributed by atoms with Gasteiger partial charge in [-0.2, -0.15) is 13.2 Å². The second kappa shape index (κ2) is 10.6. The first-order valence-electron chi connectivity index (χ1n) is 11.3. The van der Waals surface area contributed by atoms with Crippen molar-refractivity contribution in [2.24, 2.45) is 7.05 Å². The first-order chi connectivity index (χ1) is 17.5. The quantitative estimate of drug-likeness (QED) is 0.438. The molecule has 1 unspecified atom stereocenters. The molecule has 11 nitrogen and oxygen atoms in total. The summed E-state index contributed by atoms with van der Waals surface area (Å²) in [5, 5.41) is 4.36. The second-order valence-corrected chi connectivity index (χ2v) is 9.29. The van der Waals surface area contributed by atoms with Gasteiger partial charge in [0.05, 0.1) is 6.54 Å². The van der Waals surface area contributed by atoms with Gasteiger partial charge in [0, 0.05) is 44.6 Å². The summed E-state index contributed by atoms with van der Waals surface area (Å²) in [6.07, 6.45) is -6.31. The topological polar surface area (TPSA) is 109 Å². The van der Waals surface area contributed by atoms with Crippen LogP contribution in [-0.4, -0.2) is 75.6 Å². The number of halogens is 3. The van der Waals surface area contributed by atoms with Crippen LogP contribution in [0.2, 0.25) is 0 Å². The molecular weight excluding hydrogens is 513 g/mol. The maximum absolute atomic E-state index is 13.6. The number of piperazine rings is 1. The Hall–Kier alpha value is -3.35. The molecule has 4 heterocycles. The molecule has 1 N–H and O–H groups in total. The van der Waals surface area contributed by atoms with E-state index in [1.807, 2.05) is 0 Å². The SMILES string of the molecule is CC#CCN1c2c(nc(Sc3nc(C)cc(C)n3)n(C)c2=O)N(OC(=O)C(F)(F)F)C1N1CCNCC1. The van der Waals surface area contributed by atoms with Gasteiger partial charge in [0.15, 0.2) is 28.1 Å². The number of aromatic nitrogens is 4. The van der Waals surface area contributed by atoms with Crippen molar-refractivity contribution >= 4 is 29.2 Å². The number of rotatable bonds is 5. The van der Waals surface area contributed by atoms with Crippen molar-refractivity contribution in [1.82, 2.24) is 29.7 Å². The fourth-order valence-corrected chi connectivity index (χ4v) is 4.94. The van der Waals surface area contributed by atoms with Gasteiger partial charge in [0.2, 0.25) is 0 Å². The highest BCUT2D eigenvalue weighted by Gasteiger charge is 2.50. The fraction of sp³-hybridized carbons (Fsp3) is 0.500. The lowest BCUT2D eigenvalue weighted by molar-refractivity contribution is -0.203. The summed E-state index contributed by atoms with van der Waals surface area (Å²) in [7, 11) is 1.49. The molecule has 0 radical (unpaired) electrons. The van der Waals surface area contributed by atoms with E-state index < -0.39 is 24.0 Å². The van der Waals surface area contributed by atoms with Crippen LogP contribution >= 0.6 is 11.8 Å². The van der Waals surface area contributed by atoms with E-state index in [1.165, 1.54) is 16.5 Å². The zero-order valence-electron chi connectivity index (χ0n) is 20.6. The minimum atomic E-state index is -5.25. The highest BCUT2D eigenvalue weighted by molar-refractivity contribution is 7.99. The summed E-state index contributed by atoms with van der Waals surface area (Å²) in [4.78, 5) is 46.9. The number of fused-ring (bicyclic) bond motifs is 1. The van der Waals surface area contributed by atoms with Crippen LogP contribution in [0.25, 0.3) is 0 Å². The molecule has 1 fully saturated rings. The number of nitrogens with one attached hydrogen (secondary N) is 1. The van der Waals surface area contributed by atoms with Gasteiger partial charge in [-0.25, -0.2) is 19.7 Å². The van der Waals surface area contributed by atoms with Gasteiger partial charge in [0.1, 0.15) is 0 Å². The molecule has 0 aromatic carbocycles. The normalized spacial score (nSPS) is 17.9. The molecule has 15 heteroatoms. The smallest absolute Gasteiger partial charge is 0.327 e. The van der Waals surface area contributed by atoms with Crippen LogP contribution in [-0.2, 0) is 16.7 Å². The number of hydrogen-bond donors (Lipinski definition) is 1. The molecule has 198 valence electrons. The van der Waals surface area contributed by atoms with Crippen LogP contribution < -0.4 is 20.8 Å². The van der Waals surface area contributed by atoms with E-state index in [0.717, 1.165) is 16.8 Å². The summed E-state index contributed by atoms with van der Waals surface area (Å²) in [5.74, 6) is 2.97. The zero-order valence-corrected chi connectivity index (χ0v) is 21.4. The van der Waals surface area contributed by atoms with Crippen molar-refractivity contribution in [3.63, 3.8) is 0 Å². The van der Waals surface area contributed by atoms with Crippen LogP contribution in [0, 0.1) is 25.7 Å². The van der Waals surface area contributed by atoms with Crippen LogP contribution in [0.5, 0.6) is 0 Å². The summed E-state index contributed by atoms with van der Waals surface area (Å²) < 4.78 is 41.1. The Morgan fingerprint density at radius 3 is 2.46 bits per heavy atom. The highest BCUT2D eigenvalue weighted by Crippen LogP contribution is 2.39. The Bertz CT molecular complexity index is 1300. The molecule has 2 aromatic rings. The molecule has 0 bridgehead atoms. The predicted octanol–water partition coefficient (Wildman–Crippen LogP) is 1.20. The number of hydrogen-bond acceptors (Lipinski definition) is 11. The predicted molar refractivity (Wildman–Crippen MR) is 129 cm³/mol. The Morgan fingerprint density at radius 1 is 1.22 bits per heavy atom. The maximum Gasteiger partial charge on any atom is 0.493 e. The van der Waals surface area contributed by atoms with Crippen LogP contribution in [0.4, 0.5) is 24.7 Å². The molecule has 2 aliphatic heterocycles. The van der Waals surface area contributed by atoms with Gasteiger partial charge >= 0.3 is 12.1 Å². The first kappa shape index (κ1) is 26.7. The number of hydroxylamine groups is 1. The van der Waals surface area contributed by atoms with Crippen LogP contribution in [0.1, 0.15) is 18.3 Å². The van der Waals surface area contributed by atoms with Crippen molar-refractivity contribution in [3.8, 4) is 11.8 Å². The van der Waals surface area contributed by atoms with Crippen molar-refractivity contribution in [1.29, 1.82) is 0 Å². The average Bonchev–Trinajstić information content (AvgIpc) is 3.13. The van der Waals surface area contributed by atoms with Crippen LogP contribution in [0.15, 0.2) is 21.2 Å². The zero-order chi connectivity index (χ0) is 26.9. The standard InChI is InChI=1S/C22H25F3N8O3S/c1-5-6-9-32-15-16(29-20(30(4)17(15)34)37-19-27-13(2)12-14(3)28-19)33(36-18(35)22(23,24)25)21(32)31-10-7-26-8-11-31/h12,21,26H,7-11H2,1-4H3. The van der Waals surface area contributed by atoms with Crippen molar-refractivity contribution in [3.05, 3.63) is 27.8 Å². The summed E-state index contributed by atoms with van der Waals surface area (Å²) in [5.41, 5.74) is 0.838. The van der Waals surface area contributed by atoms with E-state index in [4.69, 9.17) is 4.84 Å². The number of nitrogens with zero attached hydrogens (tertiary/aromatic N) is 7. The van der Waals surface area contributed by atoms with Crippen molar-refractivity contribution in [2.75, 3.05) is 42.7 Å². The number of alkyl halides is 3. The van der Waals surface area contributed by atoms with E-state index in [-0.39, 0.29) is 23.2 Å². The third kappa shape index (κ3) is 5.50. The molecule has 2 aliphatic rings. The van der Waals surface area contributed by atoms with E-state index in [2.05, 4.69) is 32.1 Å². The van der Waals surface area contributed by atoms with Crippen molar-refractivity contribution < 1.29 is 22.8 Å². The van der Waals surface area contributed by atoms with E-state index in [9.17, 15) is 22.8 Å². The molecule has 0 saturated carbocycles. The van der Waals surface area contributed by atoms with Gasteiger partial charge in [-0.15, -0.1) is 11.0 Å². The number of carbonyl (C=O) groups excluding carboxylic acids is 1. The molecule has 1 saturated heterocycles. The lowest BCUT2D eigenvalue weighted by Gasteiger charge is -2.40. The fourth-order valence-electron chi connectivity index (χ4n) is 4.04. The Morgan fingerprint density at radius 2 is 1.86 bits per heavy atom. The van der Waals surface area contributed by atoms with Crippen molar-refractivity contribution in [2.45, 2.75) is 43.6 Å². The first-order valence-corrected chi connectivity index (χ1v) is 12.1. The van der Waals surface area contributed by atoms with Crippen LogP contribution in [0.3, 0.4) is 0 Å². The number of anilines is 2. The average molecular weight is 539 g/mol. The Kier molecular flexibility index (Phi) is 7.62. The van der Waals surface area contributed by atoms with Gasteiger partial charge in [0.25, 0.3) is 5.56 Å². The third-order valence-electron chi connectivity index (χ3n) is 5.65. The Balaban J connectivity index is 1.86. The summed E-state index contributed by atoms with van der Waals surface area (Å²) >= 11 is 0.975. The largest absolute Gasteiger partial charge is 0.493 e. The number of carbonyl (C=O) groups is 1. The molecule has 2 aromatic heterocycles. The lowest BCUT2D eigenvalue weighted by atomic mass is 10.3. The van der Waals surface area contributed by atoms with Gasteiger partial charge in [-0.1, -0.05) is 5.92 Å². The Labute approximate surface area is 215 Å². The molecule has 4 rings (SSSR count). The highest BCUT2D eigenvalue weighted by atomic mass is 32.2. The molecule has 37 heavy (non-hydrogen) atoms. The molecule has 1 atom stereocenters. The monoisotopic (exact) mass is 538 g/mol. The van der Waals surface area contributed by atoms with Gasteiger partial charge < -0.3 is 15.1 Å². The van der Waals surface area contributed by atoms with Gasteiger partial charge in [-0.3, -0.25) is 14.3 Å². The third-order valence-corrected chi connectivity index (χ3v) is 6.57. The minimum absolute atomic E-state index is 0.00174. The van der Waals surface area contributed by atoms with E-state index >= 15 is 0 Å². The minimum Gasteiger partial charge on any atom is -0.327 e. The van der Waals surface area contributed by atoms with E-state index in [0.29, 0.717) is 42.7 Å². The second-order valence-electron chi connectivity index (χ2n) is 8.36. The molecule has 0 amide bonds. The summed E-state index contributed by atoms with van der Waals surface area (Å²) in [6.45, 7) is 7.14. The van der Waals surface area contributed by atoms with E-state index in [1.54, 1.807) is 31.7 Å². The summed E-state index contributed by atoms with van der Waals surface area (Å²) in [6, 6.07) is 1.78.